The number of aryl methyl sites for hydroxylation is 2. The standard InChI is InChI=1S/C16H19N3O4/c1-10-11(2)23-15(17-10)12-5-4-6-13(9-12)18-16(22)19(3)8-7-14(20)21/h4-6,9H,7-8H2,1-3H3,(H,18,22)(H,20,21). The van der Waals surface area contributed by atoms with E-state index in [1.54, 1.807) is 25.2 Å². The third kappa shape index (κ3) is 4.32. The summed E-state index contributed by atoms with van der Waals surface area (Å²) >= 11 is 0. The van der Waals surface area contributed by atoms with E-state index < -0.39 is 5.97 Å². The van der Waals surface area contributed by atoms with Crippen molar-refractivity contribution in [1.29, 1.82) is 0 Å². The van der Waals surface area contributed by atoms with Crippen molar-refractivity contribution in [1.82, 2.24) is 9.88 Å². The van der Waals surface area contributed by atoms with E-state index in [0.717, 1.165) is 17.0 Å². The summed E-state index contributed by atoms with van der Waals surface area (Å²) in [5.74, 6) is 0.305. The van der Waals surface area contributed by atoms with Gasteiger partial charge in [-0.25, -0.2) is 9.78 Å². The van der Waals surface area contributed by atoms with E-state index in [2.05, 4.69) is 10.3 Å². The maximum atomic E-state index is 12.0. The van der Waals surface area contributed by atoms with Crippen LogP contribution in [0.4, 0.5) is 10.5 Å². The van der Waals surface area contributed by atoms with Gasteiger partial charge in [-0.15, -0.1) is 0 Å². The van der Waals surface area contributed by atoms with Crippen molar-refractivity contribution in [3.63, 3.8) is 0 Å². The zero-order chi connectivity index (χ0) is 17.0. The van der Waals surface area contributed by atoms with Gasteiger partial charge in [0.15, 0.2) is 0 Å². The molecule has 1 aromatic carbocycles. The summed E-state index contributed by atoms with van der Waals surface area (Å²) in [5.41, 5.74) is 2.17. The number of aromatic nitrogens is 1. The molecule has 0 radical (unpaired) electrons. The molecule has 0 spiro atoms. The van der Waals surface area contributed by atoms with Gasteiger partial charge in [-0.05, 0) is 32.0 Å². The molecule has 1 aromatic heterocycles. The van der Waals surface area contributed by atoms with Crippen LogP contribution < -0.4 is 5.32 Å². The third-order valence-corrected chi connectivity index (χ3v) is 3.40. The fourth-order valence-electron chi connectivity index (χ4n) is 1.91. The fraction of sp³-hybridized carbons (Fsp3) is 0.312. The molecule has 122 valence electrons. The summed E-state index contributed by atoms with van der Waals surface area (Å²) in [6, 6.07) is 6.76. The molecular weight excluding hydrogens is 298 g/mol. The third-order valence-electron chi connectivity index (χ3n) is 3.40. The number of urea groups is 1. The summed E-state index contributed by atoms with van der Waals surface area (Å²) in [5, 5.41) is 11.4. The molecule has 2 amide bonds. The number of aliphatic carboxylic acids is 1. The van der Waals surface area contributed by atoms with Gasteiger partial charge in [0.25, 0.3) is 0 Å². The number of anilines is 1. The number of hydrogen-bond donors (Lipinski definition) is 2. The molecule has 0 aliphatic rings. The smallest absolute Gasteiger partial charge is 0.321 e. The minimum Gasteiger partial charge on any atom is -0.481 e. The van der Waals surface area contributed by atoms with Crippen molar-refractivity contribution in [2.45, 2.75) is 20.3 Å². The number of carbonyl (C=O) groups excluding carboxylic acids is 1. The number of hydrogen-bond acceptors (Lipinski definition) is 4. The second-order valence-corrected chi connectivity index (χ2v) is 5.24. The normalized spacial score (nSPS) is 10.4. The average molecular weight is 317 g/mol. The summed E-state index contributed by atoms with van der Waals surface area (Å²) in [4.78, 5) is 28.2. The molecule has 7 heteroatoms. The highest BCUT2D eigenvalue weighted by molar-refractivity contribution is 5.90. The van der Waals surface area contributed by atoms with Crippen LogP contribution in [-0.2, 0) is 4.79 Å². The van der Waals surface area contributed by atoms with E-state index in [-0.39, 0.29) is 19.0 Å². The molecule has 0 saturated carbocycles. The topological polar surface area (TPSA) is 95.7 Å². The van der Waals surface area contributed by atoms with Gasteiger partial charge in [0.2, 0.25) is 5.89 Å². The molecule has 2 N–H and O–H groups in total. The predicted octanol–water partition coefficient (Wildman–Crippen LogP) is 2.90. The van der Waals surface area contributed by atoms with Gasteiger partial charge >= 0.3 is 12.0 Å². The molecule has 2 rings (SSSR count). The molecule has 0 saturated heterocycles. The van der Waals surface area contributed by atoms with Gasteiger partial charge in [-0.1, -0.05) is 6.07 Å². The van der Waals surface area contributed by atoms with Gasteiger partial charge < -0.3 is 19.7 Å². The van der Waals surface area contributed by atoms with Crippen LogP contribution in [-0.4, -0.2) is 40.6 Å². The van der Waals surface area contributed by atoms with Crippen molar-refractivity contribution in [2.24, 2.45) is 0 Å². The number of amides is 2. The Morgan fingerprint density at radius 3 is 2.70 bits per heavy atom. The molecule has 23 heavy (non-hydrogen) atoms. The Kier molecular flexibility index (Phi) is 5.00. The number of carboxylic acid groups (broad SMARTS) is 1. The molecule has 1 heterocycles. The maximum absolute atomic E-state index is 12.0. The highest BCUT2D eigenvalue weighted by Gasteiger charge is 2.12. The number of nitrogens with zero attached hydrogens (tertiary/aromatic N) is 2. The first-order valence-corrected chi connectivity index (χ1v) is 7.15. The van der Waals surface area contributed by atoms with Crippen LogP contribution in [0.2, 0.25) is 0 Å². The van der Waals surface area contributed by atoms with Crippen molar-refractivity contribution in [3.05, 3.63) is 35.7 Å². The first-order chi connectivity index (χ1) is 10.9. The number of oxazole rings is 1. The Hall–Kier alpha value is -2.83. The minimum absolute atomic E-state index is 0.0984. The predicted molar refractivity (Wildman–Crippen MR) is 85.3 cm³/mol. The van der Waals surface area contributed by atoms with Gasteiger partial charge in [-0.3, -0.25) is 4.79 Å². The number of nitrogens with one attached hydrogen (secondary N) is 1. The number of carbonyl (C=O) groups is 2. The molecule has 0 aliphatic heterocycles. The Morgan fingerprint density at radius 2 is 2.09 bits per heavy atom. The number of carboxylic acids is 1. The summed E-state index contributed by atoms with van der Waals surface area (Å²) in [6.07, 6.45) is -0.0984. The lowest BCUT2D eigenvalue weighted by molar-refractivity contribution is -0.137. The number of rotatable bonds is 5. The molecule has 0 atom stereocenters. The molecule has 0 bridgehead atoms. The van der Waals surface area contributed by atoms with E-state index in [9.17, 15) is 9.59 Å². The molecule has 0 fully saturated rings. The van der Waals surface area contributed by atoms with Gasteiger partial charge in [0.05, 0.1) is 12.1 Å². The first-order valence-electron chi connectivity index (χ1n) is 7.15. The van der Waals surface area contributed by atoms with E-state index >= 15 is 0 Å². The molecule has 0 aliphatic carbocycles. The van der Waals surface area contributed by atoms with E-state index in [0.29, 0.717) is 11.6 Å². The van der Waals surface area contributed by atoms with Crippen LogP contribution in [0.25, 0.3) is 11.5 Å². The van der Waals surface area contributed by atoms with Gasteiger partial charge in [-0.2, -0.15) is 0 Å². The monoisotopic (exact) mass is 317 g/mol. The Morgan fingerprint density at radius 1 is 1.35 bits per heavy atom. The van der Waals surface area contributed by atoms with Crippen LogP contribution in [0.5, 0.6) is 0 Å². The Labute approximate surface area is 133 Å². The van der Waals surface area contributed by atoms with E-state index in [1.165, 1.54) is 4.90 Å². The minimum atomic E-state index is -0.943. The highest BCUT2D eigenvalue weighted by Crippen LogP contribution is 2.24. The van der Waals surface area contributed by atoms with Crippen LogP contribution in [0.3, 0.4) is 0 Å². The summed E-state index contributed by atoms with van der Waals surface area (Å²) < 4.78 is 5.57. The van der Waals surface area contributed by atoms with Crippen molar-refractivity contribution in [2.75, 3.05) is 18.9 Å². The van der Waals surface area contributed by atoms with Crippen LogP contribution >= 0.6 is 0 Å². The van der Waals surface area contributed by atoms with Crippen LogP contribution in [0, 0.1) is 13.8 Å². The lowest BCUT2D eigenvalue weighted by atomic mass is 10.2. The average Bonchev–Trinajstić information content (AvgIpc) is 2.84. The first kappa shape index (κ1) is 16.5. The quantitative estimate of drug-likeness (QED) is 0.884. The SMILES string of the molecule is Cc1nc(-c2cccc(NC(=O)N(C)CCC(=O)O)c2)oc1C. The molecule has 7 nitrogen and oxygen atoms in total. The zero-order valence-electron chi connectivity index (χ0n) is 13.3. The Bertz CT molecular complexity index is 704. The Balaban J connectivity index is 2.08. The second kappa shape index (κ2) is 6.95. The van der Waals surface area contributed by atoms with Crippen LogP contribution in [0.15, 0.2) is 28.7 Å². The summed E-state index contributed by atoms with van der Waals surface area (Å²) in [7, 11) is 1.54. The highest BCUT2D eigenvalue weighted by atomic mass is 16.4. The number of benzene rings is 1. The summed E-state index contributed by atoms with van der Waals surface area (Å²) in [6.45, 7) is 3.85. The second-order valence-electron chi connectivity index (χ2n) is 5.24. The molecule has 0 unspecified atom stereocenters. The van der Waals surface area contributed by atoms with Crippen LogP contribution in [0.1, 0.15) is 17.9 Å². The molecule has 2 aromatic rings. The fourth-order valence-corrected chi connectivity index (χ4v) is 1.91. The largest absolute Gasteiger partial charge is 0.481 e. The van der Waals surface area contributed by atoms with Gasteiger partial charge in [0.1, 0.15) is 5.76 Å². The van der Waals surface area contributed by atoms with Crippen molar-refractivity contribution >= 4 is 17.7 Å². The van der Waals surface area contributed by atoms with E-state index in [4.69, 9.17) is 9.52 Å². The van der Waals surface area contributed by atoms with E-state index in [1.807, 2.05) is 19.9 Å². The lowest BCUT2D eigenvalue weighted by Gasteiger charge is -2.17. The van der Waals surface area contributed by atoms with Crippen molar-refractivity contribution in [3.8, 4) is 11.5 Å². The lowest BCUT2D eigenvalue weighted by Crippen LogP contribution is -2.33. The molecular formula is C16H19N3O4. The van der Waals surface area contributed by atoms with Crippen molar-refractivity contribution < 1.29 is 19.1 Å². The van der Waals surface area contributed by atoms with Gasteiger partial charge in [0, 0.05) is 24.8 Å². The zero-order valence-corrected chi connectivity index (χ0v) is 13.3. The maximum Gasteiger partial charge on any atom is 0.321 e.